The third kappa shape index (κ3) is 3.01. The Morgan fingerprint density at radius 1 is 1.35 bits per heavy atom. The molecule has 1 heterocycles. The number of para-hydroxylation sites is 2. The quantitative estimate of drug-likeness (QED) is 0.825. The number of aromatic nitrogens is 2. The van der Waals surface area contributed by atoms with Gasteiger partial charge in [-0.2, -0.15) is 0 Å². The van der Waals surface area contributed by atoms with E-state index < -0.39 is 0 Å². The van der Waals surface area contributed by atoms with Crippen molar-refractivity contribution in [2.75, 3.05) is 0 Å². The predicted octanol–water partition coefficient (Wildman–Crippen LogP) is 3.69. The number of fused-ring (bicyclic) bond motifs is 1. The Morgan fingerprint density at radius 2 is 2.05 bits per heavy atom. The molecule has 20 heavy (non-hydrogen) atoms. The second-order valence-corrected chi connectivity index (χ2v) is 6.36. The van der Waals surface area contributed by atoms with Crippen LogP contribution in [0.25, 0.3) is 11.0 Å². The summed E-state index contributed by atoms with van der Waals surface area (Å²) in [5.74, 6) is 1.16. The van der Waals surface area contributed by atoms with Crippen molar-refractivity contribution in [2.45, 2.75) is 46.6 Å². The van der Waals surface area contributed by atoms with Crippen molar-refractivity contribution < 1.29 is 0 Å². The summed E-state index contributed by atoms with van der Waals surface area (Å²) in [7, 11) is 0. The van der Waals surface area contributed by atoms with Crippen LogP contribution in [0, 0.1) is 5.41 Å². The lowest BCUT2D eigenvalue weighted by atomic mass is 9.89. The Labute approximate surface area is 126 Å². The van der Waals surface area contributed by atoms with Gasteiger partial charge in [-0.05, 0) is 25.0 Å². The van der Waals surface area contributed by atoms with Crippen molar-refractivity contribution >= 4 is 28.2 Å². The van der Waals surface area contributed by atoms with Crippen LogP contribution in [0.15, 0.2) is 24.3 Å². The minimum absolute atomic E-state index is 0.121. The summed E-state index contributed by atoms with van der Waals surface area (Å²) in [5, 5.41) is 0. The molecule has 0 fully saturated rings. The molecule has 1 aromatic heterocycles. The fourth-order valence-electron chi connectivity index (χ4n) is 2.30. The smallest absolute Gasteiger partial charge is 0.109 e. The number of thiocarbonyl (C=S) groups is 1. The number of hydrogen-bond donors (Lipinski definition) is 1. The molecule has 108 valence electrons. The normalized spacial score (nSPS) is 11.9. The molecule has 0 radical (unpaired) electrons. The molecule has 0 aliphatic rings. The van der Waals surface area contributed by atoms with E-state index in [4.69, 9.17) is 22.9 Å². The van der Waals surface area contributed by atoms with Gasteiger partial charge in [0, 0.05) is 18.4 Å². The van der Waals surface area contributed by atoms with Crippen LogP contribution in [0.2, 0.25) is 0 Å². The number of imidazole rings is 1. The van der Waals surface area contributed by atoms with Crippen molar-refractivity contribution in [1.82, 2.24) is 9.55 Å². The average Bonchev–Trinajstić information content (AvgIpc) is 2.74. The summed E-state index contributed by atoms with van der Waals surface area (Å²) in [6.07, 6.45) is 3.03. The zero-order chi connectivity index (χ0) is 14.8. The lowest BCUT2D eigenvalue weighted by Gasteiger charge is -2.23. The Bertz CT molecular complexity index is 613. The van der Waals surface area contributed by atoms with Crippen molar-refractivity contribution in [2.24, 2.45) is 11.1 Å². The zero-order valence-electron chi connectivity index (χ0n) is 12.5. The van der Waals surface area contributed by atoms with E-state index >= 15 is 0 Å². The first-order valence-electron chi connectivity index (χ1n) is 7.20. The van der Waals surface area contributed by atoms with E-state index in [1.807, 2.05) is 6.07 Å². The van der Waals surface area contributed by atoms with Gasteiger partial charge >= 0.3 is 0 Å². The number of rotatable bonds is 6. The van der Waals surface area contributed by atoms with Gasteiger partial charge in [0.2, 0.25) is 0 Å². The molecule has 0 spiro atoms. The van der Waals surface area contributed by atoms with Gasteiger partial charge in [-0.3, -0.25) is 0 Å². The molecule has 0 aliphatic carbocycles. The fraction of sp³-hybridized carbons (Fsp3) is 0.500. The average molecular weight is 289 g/mol. The van der Waals surface area contributed by atoms with Crippen LogP contribution < -0.4 is 5.73 Å². The molecule has 0 aliphatic heterocycles. The summed E-state index contributed by atoms with van der Waals surface area (Å²) < 4.78 is 2.32. The van der Waals surface area contributed by atoms with Crippen molar-refractivity contribution in [3.8, 4) is 0 Å². The van der Waals surface area contributed by atoms with Gasteiger partial charge in [0.25, 0.3) is 0 Å². The second kappa shape index (κ2) is 5.92. The molecule has 2 aromatic rings. The van der Waals surface area contributed by atoms with E-state index in [9.17, 15) is 0 Å². The fourth-order valence-corrected chi connectivity index (χ4v) is 2.41. The van der Waals surface area contributed by atoms with Crippen molar-refractivity contribution in [3.63, 3.8) is 0 Å². The molecular weight excluding hydrogens is 266 g/mol. The summed E-state index contributed by atoms with van der Waals surface area (Å²) in [4.78, 5) is 5.33. The highest BCUT2D eigenvalue weighted by atomic mass is 32.1. The summed E-state index contributed by atoms with van der Waals surface area (Å²) in [6, 6.07) is 8.31. The molecule has 3 nitrogen and oxygen atoms in total. The summed E-state index contributed by atoms with van der Waals surface area (Å²) >= 11 is 5.16. The van der Waals surface area contributed by atoms with Gasteiger partial charge in [0.1, 0.15) is 5.82 Å². The topological polar surface area (TPSA) is 43.8 Å². The maximum absolute atomic E-state index is 5.83. The van der Waals surface area contributed by atoms with Crippen molar-refractivity contribution in [3.05, 3.63) is 30.1 Å². The molecule has 0 bridgehead atoms. The van der Waals surface area contributed by atoms with E-state index in [0.29, 0.717) is 4.99 Å². The van der Waals surface area contributed by atoms with Gasteiger partial charge in [0.05, 0.1) is 16.0 Å². The second-order valence-electron chi connectivity index (χ2n) is 5.92. The molecule has 0 amide bonds. The van der Waals surface area contributed by atoms with Crippen LogP contribution in [-0.4, -0.2) is 14.5 Å². The number of benzene rings is 1. The lowest BCUT2D eigenvalue weighted by molar-refractivity contribution is 0.433. The molecular formula is C16H23N3S. The highest BCUT2D eigenvalue weighted by Crippen LogP contribution is 2.24. The molecule has 2 rings (SSSR count). The van der Waals surface area contributed by atoms with Crippen LogP contribution in [0.1, 0.15) is 39.4 Å². The summed E-state index contributed by atoms with van der Waals surface area (Å²) in [6.45, 7) is 7.30. The van der Waals surface area contributed by atoms with Crippen LogP contribution in [-0.2, 0) is 13.0 Å². The van der Waals surface area contributed by atoms with Gasteiger partial charge in [0.15, 0.2) is 0 Å². The first kappa shape index (κ1) is 15.0. The number of nitrogens with two attached hydrogens (primary N) is 1. The third-order valence-corrected chi connectivity index (χ3v) is 4.39. The molecule has 0 saturated heterocycles. The SMILES string of the molecule is CCCc1nc2ccccc2n1CCC(C)(C)C(N)=S. The van der Waals surface area contributed by atoms with E-state index in [0.717, 1.165) is 37.1 Å². The molecule has 0 saturated carbocycles. The number of hydrogen-bond acceptors (Lipinski definition) is 2. The van der Waals surface area contributed by atoms with Gasteiger partial charge in [-0.15, -0.1) is 0 Å². The minimum atomic E-state index is -0.121. The zero-order valence-corrected chi connectivity index (χ0v) is 13.3. The first-order valence-corrected chi connectivity index (χ1v) is 7.60. The number of nitrogens with zero attached hydrogens (tertiary/aromatic N) is 2. The number of aryl methyl sites for hydroxylation is 2. The molecule has 4 heteroatoms. The third-order valence-electron chi connectivity index (χ3n) is 3.83. The van der Waals surface area contributed by atoms with E-state index in [2.05, 4.69) is 43.5 Å². The van der Waals surface area contributed by atoms with Crippen LogP contribution >= 0.6 is 12.2 Å². The molecule has 0 atom stereocenters. The summed E-state index contributed by atoms with van der Waals surface area (Å²) in [5.41, 5.74) is 7.98. The van der Waals surface area contributed by atoms with E-state index in [1.54, 1.807) is 0 Å². The maximum atomic E-state index is 5.83. The molecule has 1 aromatic carbocycles. The predicted molar refractivity (Wildman–Crippen MR) is 88.9 cm³/mol. The largest absolute Gasteiger partial charge is 0.393 e. The van der Waals surface area contributed by atoms with E-state index in [1.165, 1.54) is 5.52 Å². The van der Waals surface area contributed by atoms with Gasteiger partial charge in [-0.25, -0.2) is 4.98 Å². The van der Waals surface area contributed by atoms with Gasteiger partial charge < -0.3 is 10.3 Å². The first-order chi connectivity index (χ1) is 9.45. The Hall–Kier alpha value is -1.42. The van der Waals surface area contributed by atoms with Gasteiger partial charge in [-0.1, -0.05) is 45.1 Å². The maximum Gasteiger partial charge on any atom is 0.109 e. The molecule has 2 N–H and O–H groups in total. The highest BCUT2D eigenvalue weighted by Gasteiger charge is 2.22. The standard InChI is InChI=1S/C16H23N3S/c1-4-7-14-18-12-8-5-6-9-13(12)19(14)11-10-16(2,3)15(17)20/h5-6,8-9H,4,7,10-11H2,1-3H3,(H2,17,20). The minimum Gasteiger partial charge on any atom is -0.393 e. The Balaban J connectivity index is 2.32. The molecule has 0 unspecified atom stereocenters. The monoisotopic (exact) mass is 289 g/mol. The van der Waals surface area contributed by atoms with Crippen LogP contribution in [0.3, 0.4) is 0 Å². The Morgan fingerprint density at radius 3 is 2.70 bits per heavy atom. The highest BCUT2D eigenvalue weighted by molar-refractivity contribution is 7.80. The van der Waals surface area contributed by atoms with Crippen LogP contribution in [0.5, 0.6) is 0 Å². The van der Waals surface area contributed by atoms with E-state index in [-0.39, 0.29) is 5.41 Å². The van der Waals surface area contributed by atoms with Crippen LogP contribution in [0.4, 0.5) is 0 Å². The lowest BCUT2D eigenvalue weighted by Crippen LogP contribution is -2.31. The van der Waals surface area contributed by atoms with Crippen molar-refractivity contribution in [1.29, 1.82) is 0 Å². The Kier molecular flexibility index (Phi) is 4.43.